The van der Waals surface area contributed by atoms with E-state index in [4.69, 9.17) is 4.74 Å². The summed E-state index contributed by atoms with van der Waals surface area (Å²) in [7, 11) is 0. The van der Waals surface area contributed by atoms with Crippen molar-refractivity contribution in [3.63, 3.8) is 0 Å². The maximum Gasteiger partial charge on any atom is 0.241 e. The van der Waals surface area contributed by atoms with Crippen LogP contribution < -0.4 is 5.32 Å². The molecule has 3 aliphatic heterocycles. The van der Waals surface area contributed by atoms with Gasteiger partial charge in [-0.2, -0.15) is 0 Å². The Labute approximate surface area is 125 Å². The van der Waals surface area contributed by atoms with Crippen molar-refractivity contribution >= 4 is 5.91 Å². The summed E-state index contributed by atoms with van der Waals surface area (Å²) in [6.07, 6.45) is 3.82. The molecule has 3 heterocycles. The number of benzene rings is 1. The van der Waals surface area contributed by atoms with Crippen molar-refractivity contribution in [3.05, 3.63) is 35.4 Å². The smallest absolute Gasteiger partial charge is 0.241 e. The number of nitrogens with zero attached hydrogens (tertiary/aromatic N) is 1. The number of rotatable bonds is 2. The second kappa shape index (κ2) is 4.82. The van der Waals surface area contributed by atoms with Crippen LogP contribution in [0.15, 0.2) is 24.3 Å². The zero-order chi connectivity index (χ0) is 14.6. The minimum atomic E-state index is -0.116. The fraction of sp³-hybridized carbons (Fsp3) is 0.588. The Kier molecular flexibility index (Phi) is 3.05. The molecule has 112 valence electrons. The molecule has 4 nitrogen and oxygen atoms in total. The van der Waals surface area contributed by atoms with Gasteiger partial charge in [0.05, 0.1) is 24.3 Å². The number of amides is 1. The highest BCUT2D eigenvalue weighted by atomic mass is 16.5. The molecule has 21 heavy (non-hydrogen) atoms. The highest BCUT2D eigenvalue weighted by molar-refractivity contribution is 5.84. The third-order valence-corrected chi connectivity index (χ3v) is 5.10. The normalized spacial score (nSPS) is 38.5. The van der Waals surface area contributed by atoms with Crippen LogP contribution in [-0.4, -0.2) is 35.1 Å². The number of carbonyl (C=O) groups is 1. The van der Waals surface area contributed by atoms with Crippen LogP contribution in [0.3, 0.4) is 0 Å². The lowest BCUT2D eigenvalue weighted by molar-refractivity contribution is -0.133. The average molecular weight is 286 g/mol. The summed E-state index contributed by atoms with van der Waals surface area (Å²) in [5.41, 5.74) is 2.40. The minimum absolute atomic E-state index is 0.0136. The predicted octanol–water partition coefficient (Wildman–Crippen LogP) is 2.13. The van der Waals surface area contributed by atoms with E-state index in [1.165, 1.54) is 11.1 Å². The molecule has 1 N–H and O–H groups in total. The number of aryl methyl sites for hydroxylation is 1. The van der Waals surface area contributed by atoms with Crippen LogP contribution in [0.1, 0.15) is 43.5 Å². The van der Waals surface area contributed by atoms with E-state index in [0.717, 1.165) is 19.3 Å². The van der Waals surface area contributed by atoms with Crippen molar-refractivity contribution in [1.29, 1.82) is 0 Å². The van der Waals surface area contributed by atoms with E-state index in [-0.39, 0.29) is 30.3 Å². The lowest BCUT2D eigenvalue weighted by atomic mass is 9.93. The standard InChI is InChI=1S/C17H22N2O2/c1-10-4-3-5-12(8-10)16-18-11(2)17(20)19(16)14-9-13-6-7-15(14)21-13/h3-5,8,11,13-16,18H,6-7,9H2,1-2H3. The molecular formula is C17H22N2O2. The molecule has 5 atom stereocenters. The highest BCUT2D eigenvalue weighted by Crippen LogP contribution is 2.41. The molecule has 2 bridgehead atoms. The molecule has 0 radical (unpaired) electrons. The molecule has 3 saturated heterocycles. The van der Waals surface area contributed by atoms with Crippen LogP contribution in [-0.2, 0) is 9.53 Å². The van der Waals surface area contributed by atoms with Crippen molar-refractivity contribution in [3.8, 4) is 0 Å². The summed E-state index contributed by atoms with van der Waals surface area (Å²) >= 11 is 0. The Bertz CT molecular complexity index is 574. The first-order chi connectivity index (χ1) is 10.1. The second-order valence-electron chi connectivity index (χ2n) is 6.63. The molecule has 0 spiro atoms. The van der Waals surface area contributed by atoms with Crippen molar-refractivity contribution in [2.75, 3.05) is 0 Å². The van der Waals surface area contributed by atoms with E-state index in [9.17, 15) is 4.79 Å². The average Bonchev–Trinajstić information content (AvgIpc) is 3.15. The van der Waals surface area contributed by atoms with Gasteiger partial charge in [0.25, 0.3) is 0 Å². The quantitative estimate of drug-likeness (QED) is 0.905. The van der Waals surface area contributed by atoms with Gasteiger partial charge in [-0.15, -0.1) is 0 Å². The summed E-state index contributed by atoms with van der Waals surface area (Å²) < 4.78 is 5.97. The van der Waals surface area contributed by atoms with Gasteiger partial charge in [-0.05, 0) is 38.7 Å². The third kappa shape index (κ3) is 2.09. The molecule has 5 unspecified atom stereocenters. The summed E-state index contributed by atoms with van der Waals surface area (Å²) in [5, 5.41) is 3.45. The molecule has 0 aromatic heterocycles. The van der Waals surface area contributed by atoms with Gasteiger partial charge in [-0.25, -0.2) is 0 Å². The fourth-order valence-corrected chi connectivity index (χ4v) is 4.09. The maximum atomic E-state index is 12.6. The summed E-state index contributed by atoms with van der Waals surface area (Å²) in [5.74, 6) is 0.211. The highest BCUT2D eigenvalue weighted by Gasteiger charge is 2.50. The molecule has 1 aromatic carbocycles. The molecule has 4 rings (SSSR count). The Morgan fingerprint density at radius 3 is 2.86 bits per heavy atom. The van der Waals surface area contributed by atoms with E-state index in [1.54, 1.807) is 0 Å². The van der Waals surface area contributed by atoms with E-state index in [2.05, 4.69) is 41.4 Å². The minimum Gasteiger partial charge on any atom is -0.373 e. The monoisotopic (exact) mass is 286 g/mol. The molecule has 1 amide bonds. The van der Waals surface area contributed by atoms with Crippen LogP contribution in [0.25, 0.3) is 0 Å². The SMILES string of the molecule is Cc1cccc(C2NC(C)C(=O)N2C2CC3CCC2O3)c1. The van der Waals surface area contributed by atoms with Gasteiger partial charge < -0.3 is 9.64 Å². The first-order valence-corrected chi connectivity index (χ1v) is 7.94. The van der Waals surface area contributed by atoms with E-state index in [1.807, 2.05) is 6.92 Å². The number of hydrogen-bond acceptors (Lipinski definition) is 3. The summed E-state index contributed by atoms with van der Waals surface area (Å²) in [4.78, 5) is 14.7. The van der Waals surface area contributed by atoms with Crippen LogP contribution in [0, 0.1) is 6.92 Å². The van der Waals surface area contributed by atoms with E-state index in [0.29, 0.717) is 6.10 Å². The summed E-state index contributed by atoms with van der Waals surface area (Å²) in [6.45, 7) is 4.05. The lowest BCUT2D eigenvalue weighted by Crippen LogP contribution is -2.45. The number of fused-ring (bicyclic) bond motifs is 2. The molecule has 0 saturated carbocycles. The molecule has 4 heteroatoms. The second-order valence-corrected chi connectivity index (χ2v) is 6.63. The molecule has 3 fully saturated rings. The number of carbonyl (C=O) groups excluding carboxylic acids is 1. The Hall–Kier alpha value is -1.39. The van der Waals surface area contributed by atoms with Gasteiger partial charge >= 0.3 is 0 Å². The summed E-state index contributed by atoms with van der Waals surface area (Å²) in [6, 6.07) is 8.55. The van der Waals surface area contributed by atoms with Crippen molar-refractivity contribution in [2.45, 2.75) is 63.6 Å². The van der Waals surface area contributed by atoms with Gasteiger partial charge in [-0.3, -0.25) is 10.1 Å². The van der Waals surface area contributed by atoms with E-state index >= 15 is 0 Å². The van der Waals surface area contributed by atoms with Crippen molar-refractivity contribution in [1.82, 2.24) is 10.2 Å². The molecule has 3 aliphatic rings. The Morgan fingerprint density at radius 1 is 1.33 bits per heavy atom. The van der Waals surface area contributed by atoms with Gasteiger partial charge in [0.15, 0.2) is 0 Å². The molecule has 1 aromatic rings. The zero-order valence-corrected chi connectivity index (χ0v) is 12.6. The predicted molar refractivity (Wildman–Crippen MR) is 79.7 cm³/mol. The van der Waals surface area contributed by atoms with Crippen molar-refractivity contribution < 1.29 is 9.53 Å². The Morgan fingerprint density at radius 2 is 2.19 bits per heavy atom. The van der Waals surface area contributed by atoms with Crippen LogP contribution in [0.2, 0.25) is 0 Å². The maximum absolute atomic E-state index is 12.6. The van der Waals surface area contributed by atoms with Gasteiger partial charge in [-0.1, -0.05) is 29.8 Å². The van der Waals surface area contributed by atoms with Gasteiger partial charge in [0.1, 0.15) is 6.17 Å². The first kappa shape index (κ1) is 13.3. The lowest BCUT2D eigenvalue weighted by Gasteiger charge is -2.34. The van der Waals surface area contributed by atoms with Gasteiger partial charge in [0.2, 0.25) is 5.91 Å². The van der Waals surface area contributed by atoms with Crippen LogP contribution in [0.4, 0.5) is 0 Å². The molecule has 0 aliphatic carbocycles. The fourth-order valence-electron chi connectivity index (χ4n) is 4.09. The van der Waals surface area contributed by atoms with Gasteiger partial charge in [0, 0.05) is 0 Å². The molecular weight excluding hydrogens is 264 g/mol. The Balaban J connectivity index is 1.67. The zero-order valence-electron chi connectivity index (χ0n) is 12.6. The topological polar surface area (TPSA) is 41.6 Å². The van der Waals surface area contributed by atoms with Crippen LogP contribution >= 0.6 is 0 Å². The number of nitrogens with one attached hydrogen (secondary N) is 1. The van der Waals surface area contributed by atoms with E-state index < -0.39 is 0 Å². The largest absolute Gasteiger partial charge is 0.373 e. The number of hydrogen-bond donors (Lipinski definition) is 1. The van der Waals surface area contributed by atoms with Crippen LogP contribution in [0.5, 0.6) is 0 Å². The third-order valence-electron chi connectivity index (χ3n) is 5.10. The van der Waals surface area contributed by atoms with Crippen molar-refractivity contribution in [2.24, 2.45) is 0 Å². The number of ether oxygens (including phenoxy) is 1. The first-order valence-electron chi connectivity index (χ1n) is 7.94.